The van der Waals surface area contributed by atoms with Gasteiger partial charge in [0, 0.05) is 16.6 Å². The van der Waals surface area contributed by atoms with Gasteiger partial charge in [-0.1, -0.05) is 28.1 Å². The lowest BCUT2D eigenvalue weighted by molar-refractivity contribution is -0.116. The molecule has 1 rings (SSSR count). The van der Waals surface area contributed by atoms with E-state index in [0.29, 0.717) is 12.8 Å². The van der Waals surface area contributed by atoms with Gasteiger partial charge in [-0.2, -0.15) is 0 Å². The summed E-state index contributed by atoms with van der Waals surface area (Å²) in [4.78, 5) is 11.5. The van der Waals surface area contributed by atoms with E-state index in [0.717, 1.165) is 15.7 Å². The molecule has 1 aromatic carbocycles. The number of carbonyl (C=O) groups is 1. The monoisotopic (exact) mass is 267 g/mol. The third-order valence-corrected chi connectivity index (χ3v) is 2.98. The number of halogens is 1. The summed E-state index contributed by atoms with van der Waals surface area (Å²) < 4.78 is 1.00. The van der Waals surface area contributed by atoms with Crippen molar-refractivity contribution in [2.75, 3.05) is 5.32 Å². The minimum atomic E-state index is 0.0242. The molecule has 80 valence electrons. The van der Waals surface area contributed by atoms with E-state index < -0.39 is 0 Å². The molecule has 0 unspecified atom stereocenters. The van der Waals surface area contributed by atoms with Gasteiger partial charge >= 0.3 is 0 Å². The first-order valence-electron chi connectivity index (χ1n) is 4.81. The third-order valence-electron chi connectivity index (χ3n) is 2.12. The van der Waals surface area contributed by atoms with Crippen LogP contribution in [0.15, 0.2) is 35.3 Å². The van der Waals surface area contributed by atoms with E-state index in [2.05, 4.69) is 27.8 Å². The molecule has 2 nitrogen and oxygen atoms in total. The molecule has 0 saturated carbocycles. The number of carbonyl (C=O) groups excluding carboxylic acids is 1. The van der Waals surface area contributed by atoms with E-state index in [4.69, 9.17) is 0 Å². The second-order valence-corrected chi connectivity index (χ2v) is 4.14. The summed E-state index contributed by atoms with van der Waals surface area (Å²) in [7, 11) is 0. The maximum Gasteiger partial charge on any atom is 0.224 e. The van der Waals surface area contributed by atoms with E-state index in [1.54, 1.807) is 6.08 Å². The molecule has 0 aliphatic heterocycles. The Balaban J connectivity index is 2.68. The molecule has 15 heavy (non-hydrogen) atoms. The quantitative estimate of drug-likeness (QED) is 0.829. The van der Waals surface area contributed by atoms with Crippen LogP contribution < -0.4 is 5.32 Å². The second kappa shape index (κ2) is 5.71. The number of nitrogens with one attached hydrogen (secondary N) is 1. The second-order valence-electron chi connectivity index (χ2n) is 3.29. The van der Waals surface area contributed by atoms with Crippen LogP contribution in [0.2, 0.25) is 0 Å². The average Bonchev–Trinajstić information content (AvgIpc) is 2.22. The van der Waals surface area contributed by atoms with Gasteiger partial charge in [0.1, 0.15) is 0 Å². The maximum absolute atomic E-state index is 11.5. The molecule has 1 N–H and O–H groups in total. The van der Waals surface area contributed by atoms with Gasteiger partial charge in [0.05, 0.1) is 0 Å². The van der Waals surface area contributed by atoms with Crippen molar-refractivity contribution in [2.45, 2.75) is 19.8 Å². The minimum absolute atomic E-state index is 0.0242. The normalized spacial score (nSPS) is 9.73. The number of hydrogen-bond acceptors (Lipinski definition) is 1. The highest BCUT2D eigenvalue weighted by molar-refractivity contribution is 9.10. The van der Waals surface area contributed by atoms with Crippen molar-refractivity contribution >= 4 is 27.5 Å². The zero-order chi connectivity index (χ0) is 11.3. The Morgan fingerprint density at radius 1 is 1.60 bits per heavy atom. The lowest BCUT2D eigenvalue weighted by atomic mass is 10.2. The van der Waals surface area contributed by atoms with Crippen LogP contribution in [0, 0.1) is 6.92 Å². The van der Waals surface area contributed by atoms with Crippen LogP contribution in [-0.2, 0) is 4.79 Å². The van der Waals surface area contributed by atoms with Crippen LogP contribution in [0.1, 0.15) is 18.4 Å². The van der Waals surface area contributed by atoms with Gasteiger partial charge in [0.15, 0.2) is 0 Å². The molecule has 0 spiro atoms. The fourth-order valence-electron chi connectivity index (χ4n) is 1.19. The van der Waals surface area contributed by atoms with Crippen LogP contribution in [0.4, 0.5) is 5.69 Å². The van der Waals surface area contributed by atoms with Crippen LogP contribution in [0.3, 0.4) is 0 Å². The Labute approximate surface area is 98.5 Å². The molecule has 0 atom stereocenters. The smallest absolute Gasteiger partial charge is 0.224 e. The summed E-state index contributed by atoms with van der Waals surface area (Å²) in [5, 5.41) is 2.87. The van der Waals surface area contributed by atoms with Gasteiger partial charge in [-0.15, -0.1) is 6.58 Å². The summed E-state index contributed by atoms with van der Waals surface area (Å²) >= 11 is 3.42. The summed E-state index contributed by atoms with van der Waals surface area (Å²) in [5.41, 5.74) is 1.91. The third kappa shape index (κ3) is 3.51. The van der Waals surface area contributed by atoms with Crippen LogP contribution >= 0.6 is 15.9 Å². The van der Waals surface area contributed by atoms with Crippen molar-refractivity contribution in [3.8, 4) is 0 Å². The van der Waals surface area contributed by atoms with Crippen LogP contribution in [0.5, 0.6) is 0 Å². The fraction of sp³-hybridized carbons (Fsp3) is 0.250. The fourth-order valence-corrected chi connectivity index (χ4v) is 1.55. The molecule has 0 aliphatic rings. The van der Waals surface area contributed by atoms with Gasteiger partial charge < -0.3 is 5.32 Å². The number of allylic oxidation sites excluding steroid dienone is 1. The molecule has 0 aromatic heterocycles. The molecule has 0 heterocycles. The first-order chi connectivity index (χ1) is 7.15. The van der Waals surface area contributed by atoms with Crippen molar-refractivity contribution < 1.29 is 4.79 Å². The Morgan fingerprint density at radius 2 is 2.33 bits per heavy atom. The molecule has 3 heteroatoms. The van der Waals surface area contributed by atoms with E-state index in [1.807, 2.05) is 25.1 Å². The Kier molecular flexibility index (Phi) is 4.56. The molecule has 0 saturated heterocycles. The van der Waals surface area contributed by atoms with Gasteiger partial charge in [-0.05, 0) is 31.0 Å². The van der Waals surface area contributed by atoms with Crippen LogP contribution in [0.25, 0.3) is 0 Å². The molecular formula is C12H14BrNO. The van der Waals surface area contributed by atoms with Crippen molar-refractivity contribution in [2.24, 2.45) is 0 Å². The number of rotatable bonds is 4. The van der Waals surface area contributed by atoms with E-state index in [9.17, 15) is 4.79 Å². The predicted octanol–water partition coefficient (Wildman–Crippen LogP) is 3.66. The first kappa shape index (κ1) is 12.0. The Morgan fingerprint density at radius 3 is 3.00 bits per heavy atom. The number of amides is 1. The topological polar surface area (TPSA) is 29.1 Å². The standard InChI is InChI=1S/C12H14BrNO/c1-3-4-8-12(15)14-11-7-5-6-10(13)9(11)2/h3,5-7H,1,4,8H2,2H3,(H,14,15). The highest BCUT2D eigenvalue weighted by Crippen LogP contribution is 2.23. The van der Waals surface area contributed by atoms with E-state index >= 15 is 0 Å². The molecule has 0 aliphatic carbocycles. The molecular weight excluding hydrogens is 254 g/mol. The Bertz CT molecular complexity index is 374. The maximum atomic E-state index is 11.5. The van der Waals surface area contributed by atoms with Crippen molar-refractivity contribution in [3.05, 3.63) is 40.9 Å². The number of anilines is 1. The lowest BCUT2D eigenvalue weighted by Gasteiger charge is -2.08. The van der Waals surface area contributed by atoms with Crippen molar-refractivity contribution in [1.82, 2.24) is 0 Å². The lowest BCUT2D eigenvalue weighted by Crippen LogP contribution is -2.11. The minimum Gasteiger partial charge on any atom is -0.326 e. The molecule has 1 aromatic rings. The largest absolute Gasteiger partial charge is 0.326 e. The summed E-state index contributed by atoms with van der Waals surface area (Å²) in [6.07, 6.45) is 2.93. The zero-order valence-electron chi connectivity index (χ0n) is 8.72. The van der Waals surface area contributed by atoms with E-state index in [-0.39, 0.29) is 5.91 Å². The van der Waals surface area contributed by atoms with Gasteiger partial charge in [-0.25, -0.2) is 0 Å². The van der Waals surface area contributed by atoms with E-state index in [1.165, 1.54) is 0 Å². The molecule has 0 bridgehead atoms. The SMILES string of the molecule is C=CCCC(=O)Nc1cccc(Br)c1C. The van der Waals surface area contributed by atoms with Crippen LogP contribution in [-0.4, -0.2) is 5.91 Å². The first-order valence-corrected chi connectivity index (χ1v) is 5.60. The molecule has 0 fully saturated rings. The summed E-state index contributed by atoms with van der Waals surface area (Å²) in [5.74, 6) is 0.0242. The average molecular weight is 268 g/mol. The predicted molar refractivity (Wildman–Crippen MR) is 66.9 cm³/mol. The summed E-state index contributed by atoms with van der Waals surface area (Å²) in [6, 6.07) is 5.75. The Hall–Kier alpha value is -1.09. The highest BCUT2D eigenvalue weighted by Gasteiger charge is 2.05. The molecule has 1 amide bonds. The zero-order valence-corrected chi connectivity index (χ0v) is 10.3. The molecule has 0 radical (unpaired) electrons. The van der Waals surface area contributed by atoms with Crippen molar-refractivity contribution in [1.29, 1.82) is 0 Å². The van der Waals surface area contributed by atoms with Gasteiger partial charge in [0.2, 0.25) is 5.91 Å². The van der Waals surface area contributed by atoms with Gasteiger partial charge in [-0.3, -0.25) is 4.79 Å². The summed E-state index contributed by atoms with van der Waals surface area (Å²) in [6.45, 7) is 5.55. The highest BCUT2D eigenvalue weighted by atomic mass is 79.9. The van der Waals surface area contributed by atoms with Crippen molar-refractivity contribution in [3.63, 3.8) is 0 Å². The number of hydrogen-bond donors (Lipinski definition) is 1. The van der Waals surface area contributed by atoms with Gasteiger partial charge in [0.25, 0.3) is 0 Å². The number of benzene rings is 1.